The molecule has 0 aliphatic heterocycles. The van der Waals surface area contributed by atoms with Gasteiger partial charge in [0.25, 0.3) is 0 Å². The standard InChI is InChI=1S/C13H12ClFN4O2/c1-6-7(2)17-18-13(11(6)12(16)19-20)21-8-3-4-9(14)10(15)5-8/h3-5,20H,1-2H3,(H2,16,19). The summed E-state index contributed by atoms with van der Waals surface area (Å²) in [5, 5.41) is 19.5. The number of amidine groups is 1. The molecule has 3 N–H and O–H groups in total. The third-order valence-corrected chi connectivity index (χ3v) is 3.20. The maximum absolute atomic E-state index is 13.4. The Kier molecular flexibility index (Phi) is 4.23. The summed E-state index contributed by atoms with van der Waals surface area (Å²) in [6, 6.07) is 3.93. The van der Waals surface area contributed by atoms with Crippen molar-refractivity contribution in [1.82, 2.24) is 10.2 Å². The number of nitrogens with two attached hydrogens (primary N) is 1. The average molecular weight is 311 g/mol. The molecule has 21 heavy (non-hydrogen) atoms. The molecule has 110 valence electrons. The zero-order valence-electron chi connectivity index (χ0n) is 11.3. The number of halogens is 2. The Morgan fingerprint density at radius 1 is 1.38 bits per heavy atom. The van der Waals surface area contributed by atoms with Crippen molar-refractivity contribution in [2.24, 2.45) is 10.9 Å². The first kappa shape index (κ1) is 15.0. The Morgan fingerprint density at radius 3 is 2.71 bits per heavy atom. The lowest BCUT2D eigenvalue weighted by Crippen LogP contribution is -2.18. The second kappa shape index (κ2) is 5.92. The van der Waals surface area contributed by atoms with Gasteiger partial charge in [0.2, 0.25) is 5.88 Å². The van der Waals surface area contributed by atoms with E-state index in [2.05, 4.69) is 15.4 Å². The minimum absolute atomic E-state index is 0.00937. The van der Waals surface area contributed by atoms with Crippen molar-refractivity contribution in [2.45, 2.75) is 13.8 Å². The van der Waals surface area contributed by atoms with Gasteiger partial charge in [0.1, 0.15) is 11.6 Å². The van der Waals surface area contributed by atoms with Gasteiger partial charge in [0.05, 0.1) is 16.3 Å². The molecule has 1 heterocycles. The second-order valence-electron chi connectivity index (χ2n) is 4.25. The molecule has 0 saturated carbocycles. The van der Waals surface area contributed by atoms with Crippen LogP contribution in [0, 0.1) is 19.7 Å². The molecular weight excluding hydrogens is 299 g/mol. The normalized spacial score (nSPS) is 11.5. The Balaban J connectivity index is 2.49. The maximum atomic E-state index is 13.4. The summed E-state index contributed by atoms with van der Waals surface area (Å²) >= 11 is 5.60. The quantitative estimate of drug-likeness (QED) is 0.393. The van der Waals surface area contributed by atoms with Crippen LogP contribution in [0.4, 0.5) is 4.39 Å². The van der Waals surface area contributed by atoms with E-state index < -0.39 is 5.82 Å². The predicted molar refractivity (Wildman–Crippen MR) is 75.5 cm³/mol. The van der Waals surface area contributed by atoms with Gasteiger partial charge >= 0.3 is 0 Å². The molecule has 0 saturated heterocycles. The first-order valence-electron chi connectivity index (χ1n) is 5.88. The number of aromatic nitrogens is 2. The Morgan fingerprint density at radius 2 is 2.10 bits per heavy atom. The molecule has 0 spiro atoms. The number of hydrogen-bond acceptors (Lipinski definition) is 5. The van der Waals surface area contributed by atoms with Crippen LogP contribution in [0.3, 0.4) is 0 Å². The summed E-state index contributed by atoms with van der Waals surface area (Å²) < 4.78 is 18.9. The maximum Gasteiger partial charge on any atom is 0.250 e. The van der Waals surface area contributed by atoms with E-state index in [4.69, 9.17) is 27.3 Å². The van der Waals surface area contributed by atoms with E-state index in [1.165, 1.54) is 12.1 Å². The fourth-order valence-corrected chi connectivity index (χ4v) is 1.78. The molecule has 0 atom stereocenters. The van der Waals surface area contributed by atoms with E-state index in [1.807, 2.05) is 0 Å². The van der Waals surface area contributed by atoms with Crippen LogP contribution < -0.4 is 10.5 Å². The smallest absolute Gasteiger partial charge is 0.250 e. The summed E-state index contributed by atoms with van der Waals surface area (Å²) in [6.45, 7) is 3.45. The molecule has 0 amide bonds. The van der Waals surface area contributed by atoms with Crippen molar-refractivity contribution in [1.29, 1.82) is 0 Å². The largest absolute Gasteiger partial charge is 0.437 e. The number of nitrogens with zero attached hydrogens (tertiary/aromatic N) is 3. The fraction of sp³-hybridized carbons (Fsp3) is 0.154. The van der Waals surface area contributed by atoms with Gasteiger partial charge in [-0.05, 0) is 31.5 Å². The van der Waals surface area contributed by atoms with Crippen molar-refractivity contribution in [3.63, 3.8) is 0 Å². The predicted octanol–water partition coefficient (Wildman–Crippen LogP) is 2.77. The molecule has 2 rings (SSSR count). The van der Waals surface area contributed by atoms with Crippen LogP contribution in [-0.4, -0.2) is 21.2 Å². The van der Waals surface area contributed by atoms with Crippen molar-refractivity contribution < 1.29 is 14.3 Å². The molecule has 0 aliphatic rings. The number of rotatable bonds is 3. The molecule has 1 aromatic heterocycles. The topological polar surface area (TPSA) is 93.6 Å². The summed E-state index contributed by atoms with van der Waals surface area (Å²) in [4.78, 5) is 0. The van der Waals surface area contributed by atoms with E-state index in [-0.39, 0.29) is 22.5 Å². The molecule has 1 aromatic carbocycles. The fourth-order valence-electron chi connectivity index (χ4n) is 1.66. The SMILES string of the molecule is Cc1nnc(Oc2ccc(Cl)c(F)c2)c(/C(N)=N/O)c1C. The zero-order chi connectivity index (χ0) is 15.6. The molecule has 6 nitrogen and oxygen atoms in total. The molecular formula is C13H12ClFN4O2. The van der Waals surface area contributed by atoms with Gasteiger partial charge < -0.3 is 15.7 Å². The van der Waals surface area contributed by atoms with Gasteiger partial charge in [-0.25, -0.2) is 4.39 Å². The molecule has 0 radical (unpaired) electrons. The van der Waals surface area contributed by atoms with Crippen LogP contribution in [0.2, 0.25) is 5.02 Å². The van der Waals surface area contributed by atoms with Crippen LogP contribution in [-0.2, 0) is 0 Å². The van der Waals surface area contributed by atoms with Gasteiger partial charge in [-0.2, -0.15) is 5.10 Å². The number of aryl methyl sites for hydroxylation is 1. The van der Waals surface area contributed by atoms with Gasteiger partial charge in [0.15, 0.2) is 5.84 Å². The van der Waals surface area contributed by atoms with E-state index in [1.54, 1.807) is 13.8 Å². The molecule has 8 heteroatoms. The van der Waals surface area contributed by atoms with Gasteiger partial charge in [-0.3, -0.25) is 0 Å². The number of hydrogen-bond donors (Lipinski definition) is 2. The number of benzene rings is 1. The summed E-state index contributed by atoms with van der Waals surface area (Å²) in [5.41, 5.74) is 7.17. The van der Waals surface area contributed by atoms with Crippen molar-refractivity contribution >= 4 is 17.4 Å². The lowest BCUT2D eigenvalue weighted by atomic mass is 10.1. The lowest BCUT2D eigenvalue weighted by Gasteiger charge is -2.12. The van der Waals surface area contributed by atoms with Gasteiger partial charge in [0, 0.05) is 6.07 Å². The second-order valence-corrected chi connectivity index (χ2v) is 4.66. The highest BCUT2D eigenvalue weighted by Crippen LogP contribution is 2.28. The minimum Gasteiger partial charge on any atom is -0.437 e. The first-order valence-corrected chi connectivity index (χ1v) is 6.26. The molecule has 0 bridgehead atoms. The molecule has 0 fully saturated rings. The van der Waals surface area contributed by atoms with Crippen LogP contribution in [0.25, 0.3) is 0 Å². The van der Waals surface area contributed by atoms with E-state index in [0.29, 0.717) is 16.8 Å². The first-order chi connectivity index (χ1) is 9.93. The highest BCUT2D eigenvalue weighted by atomic mass is 35.5. The lowest BCUT2D eigenvalue weighted by molar-refractivity contribution is 0.318. The van der Waals surface area contributed by atoms with Crippen LogP contribution >= 0.6 is 11.6 Å². The van der Waals surface area contributed by atoms with Crippen molar-refractivity contribution in [2.75, 3.05) is 0 Å². The molecule has 0 unspecified atom stereocenters. The Bertz CT molecular complexity index is 722. The summed E-state index contributed by atoms with van der Waals surface area (Å²) in [6.07, 6.45) is 0. The average Bonchev–Trinajstić information content (AvgIpc) is 2.46. The highest BCUT2D eigenvalue weighted by molar-refractivity contribution is 6.30. The summed E-state index contributed by atoms with van der Waals surface area (Å²) in [5.74, 6) is -0.622. The molecule has 2 aromatic rings. The molecule has 0 aliphatic carbocycles. The van der Waals surface area contributed by atoms with Crippen molar-refractivity contribution in [3.8, 4) is 11.6 Å². The third-order valence-electron chi connectivity index (χ3n) is 2.89. The third kappa shape index (κ3) is 3.03. The van der Waals surface area contributed by atoms with Gasteiger partial charge in [-0.15, -0.1) is 5.10 Å². The minimum atomic E-state index is -0.628. The van der Waals surface area contributed by atoms with E-state index in [9.17, 15) is 4.39 Å². The zero-order valence-corrected chi connectivity index (χ0v) is 12.0. The van der Waals surface area contributed by atoms with Crippen LogP contribution in [0.15, 0.2) is 23.4 Å². The Hall–Kier alpha value is -2.41. The van der Waals surface area contributed by atoms with E-state index in [0.717, 1.165) is 6.07 Å². The number of oxime groups is 1. The summed E-state index contributed by atoms with van der Waals surface area (Å²) in [7, 11) is 0. The van der Waals surface area contributed by atoms with Gasteiger partial charge in [-0.1, -0.05) is 16.8 Å². The Labute approximate surface area is 125 Å². The monoisotopic (exact) mass is 310 g/mol. The van der Waals surface area contributed by atoms with Crippen LogP contribution in [0.5, 0.6) is 11.6 Å². The number of ether oxygens (including phenoxy) is 1. The highest BCUT2D eigenvalue weighted by Gasteiger charge is 2.17. The van der Waals surface area contributed by atoms with Crippen LogP contribution in [0.1, 0.15) is 16.8 Å². The van der Waals surface area contributed by atoms with E-state index >= 15 is 0 Å². The van der Waals surface area contributed by atoms with Crippen molar-refractivity contribution in [3.05, 3.63) is 45.9 Å².